The summed E-state index contributed by atoms with van der Waals surface area (Å²) in [5, 5.41) is 11.2. The van der Waals surface area contributed by atoms with Crippen molar-refractivity contribution in [3.05, 3.63) is 42.5 Å². The Morgan fingerprint density at radius 1 is 1.04 bits per heavy atom. The molecule has 0 N–H and O–H groups in total. The monoisotopic (exact) mass is 322 g/mol. The molecule has 2 fully saturated rings. The summed E-state index contributed by atoms with van der Waals surface area (Å²) in [5.41, 5.74) is 1.07. The Morgan fingerprint density at radius 2 is 1.79 bits per heavy atom. The second kappa shape index (κ2) is 5.03. The van der Waals surface area contributed by atoms with E-state index in [1.54, 1.807) is 0 Å². The van der Waals surface area contributed by atoms with Crippen LogP contribution < -0.4 is 4.90 Å². The summed E-state index contributed by atoms with van der Waals surface area (Å²) < 4.78 is 14.9. The number of aromatic nitrogens is 3. The minimum atomic E-state index is -0.176. The second-order valence-corrected chi connectivity index (χ2v) is 7.00. The molecule has 5 heteroatoms. The van der Waals surface area contributed by atoms with Gasteiger partial charge in [0.2, 0.25) is 5.95 Å². The first-order chi connectivity index (χ1) is 11.8. The maximum Gasteiger partial charge on any atom is 0.227 e. The van der Waals surface area contributed by atoms with Gasteiger partial charge in [0.05, 0.1) is 6.67 Å². The van der Waals surface area contributed by atoms with Gasteiger partial charge in [-0.3, -0.25) is 8.96 Å². The van der Waals surface area contributed by atoms with Crippen molar-refractivity contribution >= 4 is 16.7 Å². The highest BCUT2D eigenvalue weighted by atomic mass is 19.1. The molecule has 122 valence electrons. The lowest BCUT2D eigenvalue weighted by Gasteiger charge is -2.19. The Kier molecular flexibility index (Phi) is 2.93. The molecule has 0 amide bonds. The van der Waals surface area contributed by atoms with Crippen molar-refractivity contribution in [3.8, 4) is 11.4 Å². The molecule has 24 heavy (non-hydrogen) atoms. The number of piperidine rings is 1. The Labute approximate surface area is 139 Å². The van der Waals surface area contributed by atoms with Crippen LogP contribution in [0.5, 0.6) is 0 Å². The van der Waals surface area contributed by atoms with Gasteiger partial charge in [-0.15, -0.1) is 10.2 Å². The summed E-state index contributed by atoms with van der Waals surface area (Å²) in [7, 11) is 2.01. The Bertz CT molecular complexity index is 907. The highest BCUT2D eigenvalue weighted by Gasteiger charge is 2.56. The first-order valence-electron chi connectivity index (χ1n) is 8.46. The molecular formula is C19H19FN4. The normalized spacial score (nSPS) is 25.2. The zero-order chi connectivity index (χ0) is 16.3. The van der Waals surface area contributed by atoms with Crippen LogP contribution in [0, 0.1) is 17.8 Å². The van der Waals surface area contributed by atoms with Gasteiger partial charge in [0.15, 0.2) is 5.82 Å². The summed E-state index contributed by atoms with van der Waals surface area (Å²) in [6, 6.07) is 14.7. The van der Waals surface area contributed by atoms with Gasteiger partial charge in [-0.25, -0.2) is 0 Å². The van der Waals surface area contributed by atoms with E-state index in [4.69, 9.17) is 0 Å². The number of hydrogen-bond donors (Lipinski definition) is 0. The van der Waals surface area contributed by atoms with Crippen LogP contribution in [-0.4, -0.2) is 34.5 Å². The van der Waals surface area contributed by atoms with Crippen molar-refractivity contribution in [2.45, 2.75) is 0 Å². The van der Waals surface area contributed by atoms with Crippen LogP contribution in [0.15, 0.2) is 42.5 Å². The average molecular weight is 322 g/mol. The van der Waals surface area contributed by atoms with Crippen molar-refractivity contribution in [2.75, 3.05) is 24.7 Å². The number of benzene rings is 2. The lowest BCUT2D eigenvalue weighted by atomic mass is 10.1. The number of anilines is 1. The van der Waals surface area contributed by atoms with E-state index in [0.29, 0.717) is 11.8 Å². The van der Waals surface area contributed by atoms with Gasteiger partial charge in [-0.1, -0.05) is 36.4 Å². The quantitative estimate of drug-likeness (QED) is 0.742. The molecule has 2 heterocycles. The molecule has 1 aliphatic carbocycles. The van der Waals surface area contributed by atoms with Crippen LogP contribution in [0.2, 0.25) is 0 Å². The van der Waals surface area contributed by atoms with Crippen LogP contribution >= 0.6 is 0 Å². The highest BCUT2D eigenvalue weighted by Crippen LogP contribution is 2.52. The van der Waals surface area contributed by atoms with Crippen LogP contribution in [0.25, 0.3) is 22.2 Å². The largest absolute Gasteiger partial charge is 0.340 e. The van der Waals surface area contributed by atoms with Gasteiger partial charge in [-0.05, 0) is 34.6 Å². The molecule has 3 aromatic rings. The number of rotatable bonds is 3. The predicted molar refractivity (Wildman–Crippen MR) is 92.6 cm³/mol. The molecule has 1 aliphatic heterocycles. The number of hydrogen-bond acceptors (Lipinski definition) is 3. The second-order valence-electron chi connectivity index (χ2n) is 7.00. The van der Waals surface area contributed by atoms with Gasteiger partial charge < -0.3 is 4.90 Å². The van der Waals surface area contributed by atoms with Gasteiger partial charge in [-0.2, -0.15) is 0 Å². The van der Waals surface area contributed by atoms with E-state index in [1.807, 2.05) is 19.2 Å². The summed E-state index contributed by atoms with van der Waals surface area (Å²) in [4.78, 5) is 2.25. The number of halogens is 1. The van der Waals surface area contributed by atoms with Crippen molar-refractivity contribution in [1.82, 2.24) is 14.8 Å². The van der Waals surface area contributed by atoms with E-state index in [-0.39, 0.29) is 12.6 Å². The van der Waals surface area contributed by atoms with E-state index in [1.165, 1.54) is 10.8 Å². The first kappa shape index (κ1) is 14.0. The zero-order valence-electron chi connectivity index (χ0n) is 13.6. The Morgan fingerprint density at radius 3 is 2.54 bits per heavy atom. The molecule has 5 rings (SSSR count). The molecule has 3 atom stereocenters. The van der Waals surface area contributed by atoms with Crippen molar-refractivity contribution in [2.24, 2.45) is 24.8 Å². The van der Waals surface area contributed by atoms with Gasteiger partial charge in [0.1, 0.15) is 0 Å². The molecule has 0 bridgehead atoms. The summed E-state index contributed by atoms with van der Waals surface area (Å²) in [6.45, 7) is 1.64. The van der Waals surface area contributed by atoms with Crippen LogP contribution in [-0.2, 0) is 7.05 Å². The van der Waals surface area contributed by atoms with Crippen LogP contribution in [0.4, 0.5) is 10.3 Å². The maximum absolute atomic E-state index is 12.8. The number of nitrogens with zero attached hydrogens (tertiary/aromatic N) is 4. The third-order valence-corrected chi connectivity index (χ3v) is 5.69. The molecule has 1 saturated heterocycles. The van der Waals surface area contributed by atoms with Crippen molar-refractivity contribution in [1.29, 1.82) is 0 Å². The standard InChI is InChI=1S/C19H19FN4/c1-23-18(14-7-6-12-4-2-3-5-13(12)8-14)21-22-19(23)24-10-16-15(9-20)17(16)11-24/h2-8,15-17H,9-11H2,1H3/t15?,16-,17+. The van der Waals surface area contributed by atoms with E-state index >= 15 is 0 Å². The molecule has 4 nitrogen and oxygen atoms in total. The summed E-state index contributed by atoms with van der Waals surface area (Å²) in [5.74, 6) is 3.07. The van der Waals surface area contributed by atoms with Crippen LogP contribution in [0.3, 0.4) is 0 Å². The fourth-order valence-electron chi connectivity index (χ4n) is 4.22. The average Bonchev–Trinajstić information content (AvgIpc) is 2.94. The molecule has 1 unspecified atom stereocenters. The van der Waals surface area contributed by atoms with E-state index < -0.39 is 0 Å². The molecule has 0 spiro atoms. The zero-order valence-corrected chi connectivity index (χ0v) is 13.6. The van der Waals surface area contributed by atoms with Crippen molar-refractivity contribution < 1.29 is 4.39 Å². The molecule has 0 radical (unpaired) electrons. The third-order valence-electron chi connectivity index (χ3n) is 5.69. The molecular weight excluding hydrogens is 303 g/mol. The number of alkyl halides is 1. The first-order valence-corrected chi connectivity index (χ1v) is 8.46. The van der Waals surface area contributed by atoms with E-state index in [0.717, 1.165) is 30.4 Å². The molecule has 2 aromatic carbocycles. The van der Waals surface area contributed by atoms with E-state index in [9.17, 15) is 4.39 Å². The van der Waals surface area contributed by atoms with E-state index in [2.05, 4.69) is 50.0 Å². The topological polar surface area (TPSA) is 34.0 Å². The SMILES string of the molecule is Cn1c(-c2ccc3ccccc3c2)nnc1N1C[C@@H]2C(CF)[C@@H]2C1. The van der Waals surface area contributed by atoms with Gasteiger partial charge in [0.25, 0.3) is 0 Å². The molecule has 1 aromatic heterocycles. The minimum Gasteiger partial charge on any atom is -0.340 e. The van der Waals surface area contributed by atoms with Crippen molar-refractivity contribution in [3.63, 3.8) is 0 Å². The minimum absolute atomic E-state index is 0.176. The fraction of sp³-hybridized carbons (Fsp3) is 0.368. The summed E-state index contributed by atoms with van der Waals surface area (Å²) in [6.07, 6.45) is 0. The maximum atomic E-state index is 12.8. The summed E-state index contributed by atoms with van der Waals surface area (Å²) >= 11 is 0. The smallest absolute Gasteiger partial charge is 0.227 e. The Hall–Kier alpha value is -2.43. The number of fused-ring (bicyclic) bond motifs is 2. The molecule has 1 saturated carbocycles. The molecule has 2 aliphatic rings. The third kappa shape index (κ3) is 1.97. The van der Waals surface area contributed by atoms with Gasteiger partial charge >= 0.3 is 0 Å². The lowest BCUT2D eigenvalue weighted by molar-refractivity contribution is 0.420. The van der Waals surface area contributed by atoms with Gasteiger partial charge in [0, 0.05) is 25.7 Å². The van der Waals surface area contributed by atoms with Crippen LogP contribution in [0.1, 0.15) is 0 Å². The Balaban J connectivity index is 1.46. The lowest BCUT2D eigenvalue weighted by Crippen LogP contribution is -2.27. The fourth-order valence-corrected chi connectivity index (χ4v) is 4.22. The highest BCUT2D eigenvalue weighted by molar-refractivity contribution is 5.86. The predicted octanol–water partition coefficient (Wildman–Crippen LogP) is 3.29.